The normalized spacial score (nSPS) is 14.0. The predicted molar refractivity (Wildman–Crippen MR) is 391 cm³/mol. The molecule has 22 rings (SSSR count). The maximum Gasteiger partial charge on any atom is 0.249 e. The summed E-state index contributed by atoms with van der Waals surface area (Å²) in [6.45, 7) is -0.00649. The van der Waals surface area contributed by atoms with E-state index in [1.54, 1.807) is 0 Å². The number of anilines is 6. The van der Waals surface area contributed by atoms with E-state index in [4.69, 9.17) is 0 Å². The Balaban J connectivity index is 0.791. The third-order valence-corrected chi connectivity index (χ3v) is 23.6. The summed E-state index contributed by atoms with van der Waals surface area (Å²) in [4.78, 5) is 10.1. The second-order valence-electron chi connectivity index (χ2n) is 25.7. The van der Waals surface area contributed by atoms with Gasteiger partial charge in [-0.2, -0.15) is 0 Å². The summed E-state index contributed by atoms with van der Waals surface area (Å²) in [6.07, 6.45) is 0. The molecule has 0 radical (unpaired) electrons. The van der Waals surface area contributed by atoms with Crippen LogP contribution >= 0.6 is 23.5 Å². The van der Waals surface area contributed by atoms with Gasteiger partial charge in [0, 0.05) is 97.7 Å². The van der Waals surface area contributed by atoms with Gasteiger partial charge >= 0.3 is 0 Å². The molecule has 0 amide bonds. The number of nitrogens with zero attached hydrogens (tertiary/aromatic N) is 4. The Morgan fingerprint density at radius 2 is 0.634 bits per heavy atom. The Labute approximate surface area is 546 Å². The molecule has 0 saturated carbocycles. The predicted octanol–water partition coefficient (Wildman–Crippen LogP) is 17.8. The SMILES string of the molecule is c1ccc(N(c2ccccc2)c2cc3c4c(c2)-n2c5ccccc5c5cccc(c52)B4c2cc4c(cc2S3)C2(c3ccccc3-4)c3ccccc3-c3cc4c(cc32)Sc2cc(N(c3ccccc3)c3ccccc3)cc3c2B4c2cccc4c5ccccc5n-3c24)cc1. The number of hydrogen-bond donors (Lipinski definition) is 0. The van der Waals surface area contributed by atoms with Gasteiger partial charge in [0.1, 0.15) is 0 Å². The molecule has 14 aromatic carbocycles. The lowest BCUT2D eigenvalue weighted by molar-refractivity contribution is 0.789. The molecule has 428 valence electrons. The van der Waals surface area contributed by atoms with Gasteiger partial charge in [0.25, 0.3) is 0 Å². The third-order valence-electron chi connectivity index (χ3n) is 21.3. The van der Waals surface area contributed by atoms with E-state index in [0.29, 0.717) is 0 Å². The van der Waals surface area contributed by atoms with Gasteiger partial charge in [0.05, 0.1) is 16.4 Å². The van der Waals surface area contributed by atoms with Crippen molar-refractivity contribution in [2.24, 2.45) is 0 Å². The summed E-state index contributed by atoms with van der Waals surface area (Å²) < 4.78 is 5.19. The minimum absolute atomic E-state index is 0.00324. The maximum absolute atomic E-state index is 2.66. The molecule has 4 nitrogen and oxygen atoms in total. The van der Waals surface area contributed by atoms with Gasteiger partial charge in [0.15, 0.2) is 0 Å². The highest BCUT2D eigenvalue weighted by atomic mass is 32.2. The number of para-hydroxylation sites is 8. The highest BCUT2D eigenvalue weighted by molar-refractivity contribution is 8.00. The number of fused-ring (bicyclic) bond motifs is 24. The zero-order valence-electron chi connectivity index (χ0n) is 50.1. The van der Waals surface area contributed by atoms with Gasteiger partial charge in [0.2, 0.25) is 13.4 Å². The van der Waals surface area contributed by atoms with Crippen molar-refractivity contribution in [1.29, 1.82) is 0 Å². The van der Waals surface area contributed by atoms with Crippen molar-refractivity contribution in [3.05, 3.63) is 326 Å². The van der Waals surface area contributed by atoms with Crippen LogP contribution in [0.25, 0.3) is 77.2 Å². The number of rotatable bonds is 6. The van der Waals surface area contributed by atoms with Gasteiger partial charge in [-0.1, -0.05) is 241 Å². The van der Waals surface area contributed by atoms with Gasteiger partial charge in [-0.15, -0.1) is 0 Å². The van der Waals surface area contributed by atoms with Crippen LogP contribution in [0.15, 0.2) is 323 Å². The van der Waals surface area contributed by atoms with Crippen LogP contribution < -0.4 is 42.6 Å². The van der Waals surface area contributed by atoms with E-state index >= 15 is 0 Å². The van der Waals surface area contributed by atoms with Crippen LogP contribution in [0.1, 0.15) is 22.3 Å². The summed E-state index contributed by atoms with van der Waals surface area (Å²) in [5, 5.41) is 5.14. The minimum Gasteiger partial charge on any atom is -0.310 e. The second-order valence-corrected chi connectivity index (χ2v) is 27.9. The summed E-state index contributed by atoms with van der Waals surface area (Å²) >= 11 is 3.93. The van der Waals surface area contributed by atoms with E-state index in [1.165, 1.54) is 152 Å². The fourth-order valence-corrected chi connectivity index (χ4v) is 20.3. The molecule has 0 unspecified atom stereocenters. The number of aromatic nitrogens is 2. The average molecular weight is 1210 g/mol. The maximum atomic E-state index is 2.66. The van der Waals surface area contributed by atoms with Crippen LogP contribution in [0, 0.1) is 0 Å². The molecule has 4 aliphatic heterocycles. The largest absolute Gasteiger partial charge is 0.310 e. The zero-order chi connectivity index (χ0) is 60.4. The first-order valence-electron chi connectivity index (χ1n) is 32.3. The molecule has 8 heteroatoms. The van der Waals surface area contributed by atoms with Crippen molar-refractivity contribution in [3.63, 3.8) is 0 Å². The van der Waals surface area contributed by atoms with Crippen LogP contribution in [-0.2, 0) is 5.41 Å². The standard InChI is InChI=1S/C85H50B2N4S2/c1-5-23-51(24-6-1)88(52-25-7-2-8-26-52)55-43-75-81-79(45-55)92-77-49-67-63(47-71(77)86(81)69-39-21-35-61-59-33-15-19-41-73(59)90(75)83(61)69)57-31-13-17-37-65(57)85(67)66-38-18-14-32-58(66)64-48-72-78(50-68(64)85)93-80-46-56(89(53-27-9-3-10-28-53)54-29-11-4-12-30-54)44-76-82(80)87(72)70-40-22-36-62-60-34-16-20-42-74(60)91(76)84(62)70/h1-50H. The Kier molecular flexibility index (Phi) is 10.2. The van der Waals surface area contributed by atoms with Gasteiger partial charge < -0.3 is 18.9 Å². The van der Waals surface area contributed by atoms with Crippen molar-refractivity contribution >= 4 is 147 Å². The highest BCUT2D eigenvalue weighted by Gasteiger charge is 2.54. The molecule has 0 fully saturated rings. The zero-order valence-corrected chi connectivity index (χ0v) is 51.8. The fourth-order valence-electron chi connectivity index (χ4n) is 17.9. The summed E-state index contributed by atoms with van der Waals surface area (Å²) in [5.74, 6) is 0. The van der Waals surface area contributed by atoms with Crippen molar-refractivity contribution in [3.8, 4) is 33.6 Å². The first-order chi connectivity index (χ1) is 46.2. The average Bonchev–Trinajstić information content (AvgIpc) is 1.51. The Morgan fingerprint density at radius 1 is 0.269 bits per heavy atom. The lowest BCUT2D eigenvalue weighted by atomic mass is 9.35. The molecule has 0 atom stereocenters. The molecule has 0 saturated heterocycles. The second kappa shape index (κ2) is 18.6. The van der Waals surface area contributed by atoms with Gasteiger partial charge in [-0.25, -0.2) is 0 Å². The third kappa shape index (κ3) is 6.61. The Morgan fingerprint density at radius 3 is 1.05 bits per heavy atom. The molecule has 0 bridgehead atoms. The summed E-state index contributed by atoms with van der Waals surface area (Å²) in [7, 11) is 0. The molecule has 1 spiro atoms. The lowest BCUT2D eigenvalue weighted by Crippen LogP contribution is -2.59. The lowest BCUT2D eigenvalue weighted by Gasteiger charge is -2.37. The molecule has 2 aromatic heterocycles. The van der Waals surface area contributed by atoms with Crippen LogP contribution in [0.3, 0.4) is 0 Å². The quantitative estimate of drug-likeness (QED) is 0.154. The summed E-state index contributed by atoms with van der Waals surface area (Å²) in [6, 6.07) is 115. The van der Waals surface area contributed by atoms with Crippen molar-refractivity contribution in [2.45, 2.75) is 25.0 Å². The topological polar surface area (TPSA) is 16.3 Å². The highest BCUT2D eigenvalue weighted by Crippen LogP contribution is 2.64. The number of hydrogen-bond acceptors (Lipinski definition) is 4. The van der Waals surface area contributed by atoms with E-state index in [2.05, 4.69) is 322 Å². The van der Waals surface area contributed by atoms with Gasteiger partial charge in [-0.3, -0.25) is 0 Å². The Hall–Kier alpha value is -10.9. The molecule has 93 heavy (non-hydrogen) atoms. The van der Waals surface area contributed by atoms with Crippen LogP contribution in [0.2, 0.25) is 0 Å². The monoisotopic (exact) mass is 1210 g/mol. The molecule has 0 N–H and O–H groups in total. The molecule has 2 aliphatic carbocycles. The van der Waals surface area contributed by atoms with Crippen LogP contribution in [-0.4, -0.2) is 22.6 Å². The first kappa shape index (κ1) is 50.8. The van der Waals surface area contributed by atoms with Crippen molar-refractivity contribution < 1.29 is 0 Å². The molecule has 6 aliphatic rings. The Bertz CT molecular complexity index is 5530. The van der Waals surface area contributed by atoms with E-state index in [1.807, 2.05) is 23.5 Å². The fraction of sp³-hybridized carbons (Fsp3) is 0.0118. The number of benzene rings is 14. The van der Waals surface area contributed by atoms with Gasteiger partial charge in [-0.05, 0) is 163 Å². The summed E-state index contributed by atoms with van der Waals surface area (Å²) in [5.41, 5.74) is 32.6. The minimum atomic E-state index is -0.601. The van der Waals surface area contributed by atoms with Crippen molar-refractivity contribution in [1.82, 2.24) is 9.13 Å². The van der Waals surface area contributed by atoms with Crippen molar-refractivity contribution in [2.75, 3.05) is 9.80 Å². The van der Waals surface area contributed by atoms with E-state index in [-0.39, 0.29) is 13.4 Å². The van der Waals surface area contributed by atoms with E-state index in [9.17, 15) is 0 Å². The molecule has 16 aromatic rings. The van der Waals surface area contributed by atoms with Crippen LogP contribution in [0.5, 0.6) is 0 Å². The smallest absolute Gasteiger partial charge is 0.249 e. The molecule has 6 heterocycles. The van der Waals surface area contributed by atoms with E-state index in [0.717, 1.165) is 34.1 Å². The molecular formula is C85H50B2N4S2. The first-order valence-corrected chi connectivity index (χ1v) is 33.9. The molecular weight excluding hydrogens is 1160 g/mol. The van der Waals surface area contributed by atoms with Crippen LogP contribution in [0.4, 0.5) is 34.1 Å². The van der Waals surface area contributed by atoms with E-state index < -0.39 is 5.41 Å².